The number of ether oxygens (including phenoxy) is 2. The maximum atomic E-state index is 9.21. The molecule has 4 nitrogen and oxygen atoms in total. The van der Waals surface area contributed by atoms with Gasteiger partial charge in [0.25, 0.3) is 0 Å². The van der Waals surface area contributed by atoms with E-state index < -0.39 is 0 Å². The van der Waals surface area contributed by atoms with Crippen molar-refractivity contribution >= 4 is 11.6 Å². The Hall–Kier alpha value is -0.970. The van der Waals surface area contributed by atoms with E-state index in [1.54, 1.807) is 7.11 Å². The summed E-state index contributed by atoms with van der Waals surface area (Å²) in [5.74, 6) is 1.79. The standard InChI is InChI=1S/C17H26ClNO3/c1-3-8-22-17-15(18)9-14(10-16(17)21-2)11-19-6-4-13(12-20)5-7-19/h9-10,13,20H,3-8,11-12H2,1-2H3. The highest BCUT2D eigenvalue weighted by Crippen LogP contribution is 2.37. The van der Waals surface area contributed by atoms with Crippen LogP contribution in [0.15, 0.2) is 12.1 Å². The van der Waals surface area contributed by atoms with Crippen LogP contribution < -0.4 is 9.47 Å². The van der Waals surface area contributed by atoms with Crippen molar-refractivity contribution in [2.75, 3.05) is 33.4 Å². The SMILES string of the molecule is CCCOc1c(Cl)cc(CN2CCC(CO)CC2)cc1OC. The van der Waals surface area contributed by atoms with E-state index in [4.69, 9.17) is 21.1 Å². The number of likely N-dealkylation sites (tertiary alicyclic amines) is 1. The highest BCUT2D eigenvalue weighted by molar-refractivity contribution is 6.32. The molecule has 0 amide bonds. The molecule has 1 fully saturated rings. The predicted octanol–water partition coefficient (Wildman–Crippen LogP) is 3.34. The molecule has 0 atom stereocenters. The van der Waals surface area contributed by atoms with Crippen LogP contribution in [0.4, 0.5) is 0 Å². The molecule has 0 bridgehead atoms. The summed E-state index contributed by atoms with van der Waals surface area (Å²) in [6.07, 6.45) is 3.04. The number of aliphatic hydroxyl groups excluding tert-OH is 1. The molecule has 0 aliphatic carbocycles. The third-order valence-electron chi connectivity index (χ3n) is 4.11. The normalized spacial score (nSPS) is 16.7. The Morgan fingerprint density at radius 1 is 1.32 bits per heavy atom. The zero-order chi connectivity index (χ0) is 15.9. The van der Waals surface area contributed by atoms with Crippen LogP contribution in [-0.4, -0.2) is 43.4 Å². The molecular weight excluding hydrogens is 302 g/mol. The summed E-state index contributed by atoms with van der Waals surface area (Å²) >= 11 is 6.36. The van der Waals surface area contributed by atoms with Crippen molar-refractivity contribution in [1.82, 2.24) is 4.90 Å². The lowest BCUT2D eigenvalue weighted by molar-refractivity contribution is 0.127. The number of methoxy groups -OCH3 is 1. The van der Waals surface area contributed by atoms with Crippen LogP contribution in [0.1, 0.15) is 31.7 Å². The minimum atomic E-state index is 0.303. The van der Waals surface area contributed by atoms with Crippen LogP contribution in [0.25, 0.3) is 0 Å². The topological polar surface area (TPSA) is 41.9 Å². The zero-order valence-electron chi connectivity index (χ0n) is 13.5. The van der Waals surface area contributed by atoms with Crippen LogP contribution in [0, 0.1) is 5.92 Å². The second kappa shape index (κ2) is 8.61. The van der Waals surface area contributed by atoms with Gasteiger partial charge in [-0.2, -0.15) is 0 Å². The van der Waals surface area contributed by atoms with Gasteiger partial charge in [0.1, 0.15) is 0 Å². The average molecular weight is 328 g/mol. The predicted molar refractivity (Wildman–Crippen MR) is 88.9 cm³/mol. The molecular formula is C17H26ClNO3. The number of piperidine rings is 1. The maximum Gasteiger partial charge on any atom is 0.179 e. The van der Waals surface area contributed by atoms with E-state index in [0.717, 1.165) is 44.5 Å². The second-order valence-corrected chi connectivity index (χ2v) is 6.27. The quantitative estimate of drug-likeness (QED) is 0.834. The van der Waals surface area contributed by atoms with Crippen molar-refractivity contribution in [3.8, 4) is 11.5 Å². The number of hydrogen-bond donors (Lipinski definition) is 1. The molecule has 5 heteroatoms. The Labute approximate surface area is 138 Å². The van der Waals surface area contributed by atoms with Gasteiger partial charge in [-0.15, -0.1) is 0 Å². The minimum Gasteiger partial charge on any atom is -0.493 e. The summed E-state index contributed by atoms with van der Waals surface area (Å²) in [6, 6.07) is 3.97. The molecule has 2 rings (SSSR count). The van der Waals surface area contributed by atoms with E-state index in [2.05, 4.69) is 11.8 Å². The molecule has 1 aliphatic rings. The molecule has 22 heavy (non-hydrogen) atoms. The fraction of sp³-hybridized carbons (Fsp3) is 0.647. The van der Waals surface area contributed by atoms with Gasteiger partial charge in [0.15, 0.2) is 11.5 Å². The number of aliphatic hydroxyl groups is 1. The number of hydrogen-bond acceptors (Lipinski definition) is 4. The zero-order valence-corrected chi connectivity index (χ0v) is 14.2. The van der Waals surface area contributed by atoms with Gasteiger partial charge in [0.2, 0.25) is 0 Å². The molecule has 1 saturated heterocycles. The van der Waals surface area contributed by atoms with E-state index in [1.807, 2.05) is 12.1 Å². The van der Waals surface area contributed by atoms with Crippen LogP contribution in [0.2, 0.25) is 5.02 Å². The lowest BCUT2D eigenvalue weighted by Gasteiger charge is -2.31. The first-order valence-corrected chi connectivity index (χ1v) is 8.38. The fourth-order valence-corrected chi connectivity index (χ4v) is 3.08. The van der Waals surface area contributed by atoms with Crippen molar-refractivity contribution in [3.63, 3.8) is 0 Å². The summed E-state index contributed by atoms with van der Waals surface area (Å²) in [5.41, 5.74) is 1.13. The summed E-state index contributed by atoms with van der Waals surface area (Å²) in [7, 11) is 1.64. The summed E-state index contributed by atoms with van der Waals surface area (Å²) in [4.78, 5) is 2.39. The van der Waals surface area contributed by atoms with Crippen molar-refractivity contribution in [3.05, 3.63) is 22.7 Å². The molecule has 0 radical (unpaired) electrons. The van der Waals surface area contributed by atoms with E-state index in [9.17, 15) is 5.11 Å². The van der Waals surface area contributed by atoms with Crippen molar-refractivity contribution in [2.45, 2.75) is 32.7 Å². The van der Waals surface area contributed by atoms with E-state index in [-0.39, 0.29) is 0 Å². The maximum absolute atomic E-state index is 9.21. The van der Waals surface area contributed by atoms with E-state index in [0.29, 0.717) is 35.7 Å². The smallest absolute Gasteiger partial charge is 0.179 e. The van der Waals surface area contributed by atoms with Crippen molar-refractivity contribution in [1.29, 1.82) is 0 Å². The molecule has 1 aliphatic heterocycles. The van der Waals surface area contributed by atoms with Gasteiger partial charge in [0, 0.05) is 13.2 Å². The number of halogens is 1. The third kappa shape index (κ3) is 4.51. The number of nitrogens with zero attached hydrogens (tertiary/aromatic N) is 1. The molecule has 1 aromatic carbocycles. The molecule has 0 aromatic heterocycles. The van der Waals surface area contributed by atoms with Crippen LogP contribution in [0.5, 0.6) is 11.5 Å². The van der Waals surface area contributed by atoms with Gasteiger partial charge in [-0.3, -0.25) is 4.90 Å². The first-order chi connectivity index (χ1) is 10.7. The van der Waals surface area contributed by atoms with Crippen LogP contribution in [-0.2, 0) is 6.54 Å². The molecule has 0 spiro atoms. The Balaban J connectivity index is 2.04. The van der Waals surface area contributed by atoms with Gasteiger partial charge in [0.05, 0.1) is 18.7 Å². The van der Waals surface area contributed by atoms with Gasteiger partial charge < -0.3 is 14.6 Å². The molecule has 0 unspecified atom stereocenters. The summed E-state index contributed by atoms with van der Waals surface area (Å²) in [6.45, 7) is 5.87. The molecule has 0 saturated carbocycles. The largest absolute Gasteiger partial charge is 0.493 e. The van der Waals surface area contributed by atoms with Crippen molar-refractivity contribution in [2.24, 2.45) is 5.92 Å². The number of rotatable bonds is 7. The molecule has 1 heterocycles. The van der Waals surface area contributed by atoms with E-state index >= 15 is 0 Å². The Bertz CT molecular complexity index is 473. The highest BCUT2D eigenvalue weighted by atomic mass is 35.5. The Morgan fingerprint density at radius 2 is 2.05 bits per heavy atom. The van der Waals surface area contributed by atoms with Crippen LogP contribution >= 0.6 is 11.6 Å². The summed E-state index contributed by atoms with van der Waals surface area (Å²) < 4.78 is 11.1. The minimum absolute atomic E-state index is 0.303. The average Bonchev–Trinajstić information content (AvgIpc) is 2.54. The van der Waals surface area contributed by atoms with Gasteiger partial charge in [-0.25, -0.2) is 0 Å². The van der Waals surface area contributed by atoms with Gasteiger partial charge in [-0.1, -0.05) is 18.5 Å². The lowest BCUT2D eigenvalue weighted by Crippen LogP contribution is -2.34. The second-order valence-electron chi connectivity index (χ2n) is 5.86. The molecule has 1 aromatic rings. The van der Waals surface area contributed by atoms with E-state index in [1.165, 1.54) is 0 Å². The highest BCUT2D eigenvalue weighted by Gasteiger charge is 2.19. The van der Waals surface area contributed by atoms with Gasteiger partial charge in [-0.05, 0) is 56.0 Å². The Kier molecular flexibility index (Phi) is 6.80. The number of benzene rings is 1. The molecule has 124 valence electrons. The van der Waals surface area contributed by atoms with Crippen LogP contribution in [0.3, 0.4) is 0 Å². The van der Waals surface area contributed by atoms with Crippen molar-refractivity contribution < 1.29 is 14.6 Å². The first-order valence-electron chi connectivity index (χ1n) is 8.00. The third-order valence-corrected chi connectivity index (χ3v) is 4.39. The van der Waals surface area contributed by atoms with Gasteiger partial charge >= 0.3 is 0 Å². The fourth-order valence-electron chi connectivity index (χ4n) is 2.79. The Morgan fingerprint density at radius 3 is 2.64 bits per heavy atom. The first kappa shape index (κ1) is 17.4. The summed E-state index contributed by atoms with van der Waals surface area (Å²) in [5, 5.41) is 9.81. The monoisotopic (exact) mass is 327 g/mol. The molecule has 1 N–H and O–H groups in total. The lowest BCUT2D eigenvalue weighted by atomic mass is 9.97.